The summed E-state index contributed by atoms with van der Waals surface area (Å²) < 4.78 is 21.1. The summed E-state index contributed by atoms with van der Waals surface area (Å²) in [6.07, 6.45) is 0. The highest BCUT2D eigenvalue weighted by atomic mass is 35.5. The van der Waals surface area contributed by atoms with E-state index in [4.69, 9.17) is 30.5 Å². The number of nitrogens with one attached hydrogen (secondary N) is 2. The summed E-state index contributed by atoms with van der Waals surface area (Å²) in [5.41, 5.74) is 1.46. The van der Waals surface area contributed by atoms with Crippen LogP contribution in [0.3, 0.4) is 0 Å². The summed E-state index contributed by atoms with van der Waals surface area (Å²) in [5.74, 6) is 1.81. The normalized spacial score (nSPS) is 11.8. The van der Waals surface area contributed by atoms with Gasteiger partial charge in [0, 0.05) is 29.3 Å². The Balaban J connectivity index is 1.49. The number of rotatable bonds is 6. The van der Waals surface area contributed by atoms with Crippen molar-refractivity contribution in [2.24, 2.45) is 0 Å². The topological polar surface area (TPSA) is 90.9 Å². The Morgan fingerprint density at radius 2 is 1.93 bits per heavy atom. The second-order valence-corrected chi connectivity index (χ2v) is 7.14. The third kappa shape index (κ3) is 4.01. The fraction of sp³-hybridized carbons (Fsp3) is 0.158. The summed E-state index contributed by atoms with van der Waals surface area (Å²) in [4.78, 5) is 17.0. The number of hydrogen-bond acceptors (Lipinski definition) is 8. The molecule has 150 valence electrons. The monoisotopic (exact) mass is 433 g/mol. The van der Waals surface area contributed by atoms with Crippen LogP contribution in [0.25, 0.3) is 0 Å². The predicted octanol–water partition coefficient (Wildman–Crippen LogP) is 4.54. The zero-order valence-electron chi connectivity index (χ0n) is 15.4. The van der Waals surface area contributed by atoms with Gasteiger partial charge in [0.15, 0.2) is 16.6 Å². The van der Waals surface area contributed by atoms with Gasteiger partial charge in [-0.1, -0.05) is 11.6 Å². The first-order valence-electron chi connectivity index (χ1n) is 8.42. The van der Waals surface area contributed by atoms with Gasteiger partial charge in [-0.2, -0.15) is 0 Å². The number of ether oxygens (including phenoxy) is 4. The average molecular weight is 434 g/mol. The maximum atomic E-state index is 12.6. The number of amides is 1. The molecule has 3 aromatic rings. The molecule has 8 nitrogen and oxygen atoms in total. The lowest BCUT2D eigenvalue weighted by Gasteiger charge is -2.12. The number of carbonyl (C=O) groups is 1. The molecule has 1 aliphatic rings. The van der Waals surface area contributed by atoms with Crippen molar-refractivity contribution < 1.29 is 23.7 Å². The quantitative estimate of drug-likeness (QED) is 0.589. The van der Waals surface area contributed by atoms with Crippen LogP contribution in [0.1, 0.15) is 10.5 Å². The first-order chi connectivity index (χ1) is 14.1. The van der Waals surface area contributed by atoms with Gasteiger partial charge < -0.3 is 29.6 Å². The smallest absolute Gasteiger partial charge is 0.275 e. The lowest BCUT2D eigenvalue weighted by atomic mass is 10.2. The Morgan fingerprint density at radius 3 is 2.72 bits per heavy atom. The number of aromatic nitrogens is 1. The number of carbonyl (C=O) groups excluding carboxylic acids is 1. The second-order valence-electron chi connectivity index (χ2n) is 5.87. The van der Waals surface area contributed by atoms with Crippen molar-refractivity contribution in [3.05, 3.63) is 46.4 Å². The summed E-state index contributed by atoms with van der Waals surface area (Å²) in [5, 5.41) is 8.52. The highest BCUT2D eigenvalue weighted by Crippen LogP contribution is 2.37. The van der Waals surface area contributed by atoms with Gasteiger partial charge in [0.1, 0.15) is 17.2 Å². The van der Waals surface area contributed by atoms with Crippen LogP contribution in [0, 0.1) is 0 Å². The second kappa shape index (κ2) is 8.06. The molecule has 1 amide bonds. The molecule has 0 saturated carbocycles. The van der Waals surface area contributed by atoms with Crippen LogP contribution in [0.15, 0.2) is 35.7 Å². The summed E-state index contributed by atoms with van der Waals surface area (Å²) in [6, 6.07) is 8.64. The van der Waals surface area contributed by atoms with Crippen molar-refractivity contribution in [2.45, 2.75) is 0 Å². The molecule has 1 aromatic heterocycles. The van der Waals surface area contributed by atoms with Gasteiger partial charge in [0.25, 0.3) is 5.91 Å². The van der Waals surface area contributed by atoms with Crippen molar-refractivity contribution in [3.8, 4) is 23.0 Å². The molecule has 0 saturated heterocycles. The van der Waals surface area contributed by atoms with Crippen LogP contribution >= 0.6 is 22.9 Å². The number of halogens is 1. The van der Waals surface area contributed by atoms with Crippen LogP contribution in [-0.2, 0) is 0 Å². The van der Waals surface area contributed by atoms with Crippen LogP contribution in [0.5, 0.6) is 23.0 Å². The Kier molecular flexibility index (Phi) is 5.32. The van der Waals surface area contributed by atoms with Gasteiger partial charge in [-0.15, -0.1) is 11.3 Å². The average Bonchev–Trinajstić information content (AvgIpc) is 3.38. The van der Waals surface area contributed by atoms with E-state index in [1.165, 1.54) is 25.6 Å². The van der Waals surface area contributed by atoms with Crippen molar-refractivity contribution in [3.63, 3.8) is 0 Å². The van der Waals surface area contributed by atoms with Crippen molar-refractivity contribution >= 4 is 45.4 Å². The standard InChI is InChI=1S/C19H16ClN3O5S/c1-25-15-7-12(16(26-2)6-11(15)20)22-18(24)13-8-29-19(23-13)21-10-3-4-14-17(5-10)28-9-27-14/h3-8H,9H2,1-2H3,(H,21,23)(H,22,24). The fourth-order valence-electron chi connectivity index (χ4n) is 2.68. The Bertz CT molecular complexity index is 1070. The number of anilines is 3. The number of nitrogens with zero attached hydrogens (tertiary/aromatic N) is 1. The molecular weight excluding hydrogens is 418 g/mol. The first-order valence-corrected chi connectivity index (χ1v) is 9.68. The fourth-order valence-corrected chi connectivity index (χ4v) is 3.62. The van der Waals surface area contributed by atoms with Gasteiger partial charge in [0.2, 0.25) is 6.79 Å². The van der Waals surface area contributed by atoms with Gasteiger partial charge in [0.05, 0.1) is 24.9 Å². The molecule has 2 heterocycles. The molecule has 10 heteroatoms. The van der Waals surface area contributed by atoms with Gasteiger partial charge in [-0.25, -0.2) is 4.98 Å². The van der Waals surface area contributed by atoms with Crippen LogP contribution in [0.2, 0.25) is 5.02 Å². The molecule has 2 aromatic carbocycles. The maximum absolute atomic E-state index is 12.6. The van der Waals surface area contributed by atoms with Crippen molar-refractivity contribution in [2.75, 3.05) is 31.6 Å². The molecular formula is C19H16ClN3O5S. The lowest BCUT2D eigenvalue weighted by Crippen LogP contribution is -2.13. The third-order valence-electron chi connectivity index (χ3n) is 4.08. The van der Waals surface area contributed by atoms with E-state index in [-0.39, 0.29) is 18.4 Å². The number of benzene rings is 2. The minimum Gasteiger partial charge on any atom is -0.495 e. The zero-order chi connectivity index (χ0) is 20.4. The number of fused-ring (bicyclic) bond motifs is 1. The Labute approximate surface area is 175 Å². The lowest BCUT2D eigenvalue weighted by molar-refractivity contribution is 0.102. The van der Waals surface area contributed by atoms with Crippen molar-refractivity contribution in [1.82, 2.24) is 4.98 Å². The van der Waals surface area contributed by atoms with E-state index in [9.17, 15) is 4.79 Å². The number of methoxy groups -OCH3 is 2. The number of hydrogen-bond donors (Lipinski definition) is 2. The highest BCUT2D eigenvalue weighted by Gasteiger charge is 2.17. The first kappa shape index (κ1) is 19.2. The van der Waals surface area contributed by atoms with E-state index in [1.54, 1.807) is 17.5 Å². The third-order valence-corrected chi connectivity index (χ3v) is 5.14. The van der Waals surface area contributed by atoms with Crippen LogP contribution in [-0.4, -0.2) is 31.9 Å². The molecule has 4 rings (SSSR count). The Morgan fingerprint density at radius 1 is 1.14 bits per heavy atom. The molecule has 0 radical (unpaired) electrons. The van der Waals surface area contributed by atoms with E-state index < -0.39 is 0 Å². The molecule has 29 heavy (non-hydrogen) atoms. The Hall–Kier alpha value is -3.17. The van der Waals surface area contributed by atoms with Gasteiger partial charge >= 0.3 is 0 Å². The highest BCUT2D eigenvalue weighted by molar-refractivity contribution is 7.14. The van der Waals surface area contributed by atoms with Gasteiger partial charge in [-0.3, -0.25) is 4.79 Å². The van der Waals surface area contributed by atoms with Crippen LogP contribution < -0.4 is 29.6 Å². The minimum absolute atomic E-state index is 0.208. The molecule has 0 bridgehead atoms. The number of thiazole rings is 1. The molecule has 0 unspecified atom stereocenters. The minimum atomic E-state index is -0.386. The molecule has 0 aliphatic carbocycles. The van der Waals surface area contributed by atoms with E-state index in [1.807, 2.05) is 18.2 Å². The SMILES string of the molecule is COc1cc(NC(=O)c2csc(Nc3ccc4c(c3)OCO4)n2)c(OC)cc1Cl. The zero-order valence-corrected chi connectivity index (χ0v) is 17.0. The molecule has 0 fully saturated rings. The largest absolute Gasteiger partial charge is 0.495 e. The van der Waals surface area contributed by atoms with Crippen molar-refractivity contribution in [1.29, 1.82) is 0 Å². The maximum Gasteiger partial charge on any atom is 0.275 e. The van der Waals surface area contributed by atoms with E-state index in [2.05, 4.69) is 15.6 Å². The van der Waals surface area contributed by atoms with Gasteiger partial charge in [-0.05, 0) is 12.1 Å². The summed E-state index contributed by atoms with van der Waals surface area (Å²) in [6.45, 7) is 0.208. The summed E-state index contributed by atoms with van der Waals surface area (Å²) in [7, 11) is 2.98. The molecule has 0 spiro atoms. The molecule has 0 atom stereocenters. The van der Waals surface area contributed by atoms with E-state index in [0.29, 0.717) is 38.8 Å². The van der Waals surface area contributed by atoms with E-state index in [0.717, 1.165) is 5.69 Å². The summed E-state index contributed by atoms with van der Waals surface area (Å²) >= 11 is 7.40. The molecule has 1 aliphatic heterocycles. The van der Waals surface area contributed by atoms with Crippen LogP contribution in [0.4, 0.5) is 16.5 Å². The predicted molar refractivity (Wildman–Crippen MR) is 110 cm³/mol. The molecule has 2 N–H and O–H groups in total. The van der Waals surface area contributed by atoms with E-state index >= 15 is 0 Å².